The fraction of sp³-hybridized carbons (Fsp3) is 0.267. The maximum atomic E-state index is 13.8. The minimum absolute atomic E-state index is 0.0477. The molecule has 190 valence electrons. The van der Waals surface area contributed by atoms with Crippen LogP contribution in [0.5, 0.6) is 5.75 Å². The van der Waals surface area contributed by atoms with E-state index in [1.807, 2.05) is 61.2 Å². The Kier molecular flexibility index (Phi) is 7.42. The van der Waals surface area contributed by atoms with E-state index in [0.29, 0.717) is 24.5 Å². The zero-order chi connectivity index (χ0) is 25.8. The van der Waals surface area contributed by atoms with Gasteiger partial charge in [-0.2, -0.15) is 0 Å². The van der Waals surface area contributed by atoms with E-state index in [9.17, 15) is 9.59 Å². The van der Waals surface area contributed by atoms with Gasteiger partial charge in [-0.3, -0.25) is 9.59 Å². The zero-order valence-electron chi connectivity index (χ0n) is 21.1. The van der Waals surface area contributed by atoms with E-state index >= 15 is 0 Å². The third-order valence-electron chi connectivity index (χ3n) is 6.68. The summed E-state index contributed by atoms with van der Waals surface area (Å²) in [5.74, 6) is 1.09. The molecule has 5 rings (SSSR count). The first kappa shape index (κ1) is 24.8. The molecule has 0 bridgehead atoms. The quantitative estimate of drug-likeness (QED) is 0.298. The second-order valence-corrected chi connectivity index (χ2v) is 10.4. The third-order valence-corrected chi connectivity index (χ3v) is 7.68. The van der Waals surface area contributed by atoms with Crippen molar-refractivity contribution in [3.8, 4) is 5.75 Å². The van der Waals surface area contributed by atoms with Crippen LogP contribution >= 0.6 is 11.3 Å². The van der Waals surface area contributed by atoms with Crippen molar-refractivity contribution >= 4 is 23.2 Å². The van der Waals surface area contributed by atoms with Crippen molar-refractivity contribution in [1.29, 1.82) is 0 Å². The monoisotopic (exact) mass is 514 g/mol. The fourth-order valence-electron chi connectivity index (χ4n) is 4.61. The summed E-state index contributed by atoms with van der Waals surface area (Å²) in [5, 5.41) is 2.07. The van der Waals surface area contributed by atoms with Gasteiger partial charge >= 0.3 is 0 Å². The Morgan fingerprint density at radius 1 is 1.03 bits per heavy atom. The van der Waals surface area contributed by atoms with Crippen LogP contribution in [0.4, 0.5) is 0 Å². The van der Waals surface area contributed by atoms with Gasteiger partial charge in [0.15, 0.2) is 0 Å². The number of hydrogen-bond acceptors (Lipinski definition) is 5. The Hall–Kier alpha value is -3.84. The highest BCUT2D eigenvalue weighted by atomic mass is 32.1. The van der Waals surface area contributed by atoms with Crippen LogP contribution in [-0.2, 0) is 17.8 Å². The lowest BCUT2D eigenvalue weighted by atomic mass is 10.00. The molecule has 1 unspecified atom stereocenters. The van der Waals surface area contributed by atoms with E-state index in [4.69, 9.17) is 9.15 Å². The topological polar surface area (TPSA) is 63.0 Å². The Labute approximate surface area is 221 Å². The Bertz CT molecular complexity index is 1340. The van der Waals surface area contributed by atoms with E-state index in [1.54, 1.807) is 40.7 Å². The highest BCUT2D eigenvalue weighted by Gasteiger charge is 2.34. The van der Waals surface area contributed by atoms with Crippen LogP contribution in [0.15, 0.2) is 82.8 Å². The van der Waals surface area contributed by atoms with Gasteiger partial charge in [-0.15, -0.1) is 11.3 Å². The third kappa shape index (κ3) is 5.78. The van der Waals surface area contributed by atoms with E-state index in [2.05, 4.69) is 11.4 Å². The van der Waals surface area contributed by atoms with Crippen molar-refractivity contribution in [3.05, 3.63) is 111 Å². The molecule has 0 fully saturated rings. The molecule has 0 spiro atoms. The first-order valence-electron chi connectivity index (χ1n) is 12.4. The van der Waals surface area contributed by atoms with Crippen LogP contribution in [-0.4, -0.2) is 41.3 Å². The average molecular weight is 515 g/mol. The molecule has 1 aliphatic rings. The Morgan fingerprint density at radius 2 is 1.76 bits per heavy atom. The van der Waals surface area contributed by atoms with Gasteiger partial charge in [0.25, 0.3) is 5.91 Å². The van der Waals surface area contributed by atoms with Crippen LogP contribution in [0, 0.1) is 13.8 Å². The number of fused-ring (bicyclic) bond motifs is 1. The molecule has 4 aromatic rings. The molecule has 7 heteroatoms. The first-order valence-corrected chi connectivity index (χ1v) is 13.3. The molecule has 2 aromatic heterocycles. The Morgan fingerprint density at radius 3 is 2.46 bits per heavy atom. The number of hydrogen-bond donors (Lipinski definition) is 0. The van der Waals surface area contributed by atoms with E-state index in [1.165, 1.54) is 4.88 Å². The molecule has 6 nitrogen and oxygen atoms in total. The molecular weight excluding hydrogens is 484 g/mol. The molecule has 0 saturated heterocycles. The molecule has 37 heavy (non-hydrogen) atoms. The number of thiophene rings is 1. The minimum atomic E-state index is -0.219. The fourth-order valence-corrected chi connectivity index (χ4v) is 5.54. The maximum absolute atomic E-state index is 13.8. The number of furan rings is 1. The van der Waals surface area contributed by atoms with Gasteiger partial charge in [-0.1, -0.05) is 35.4 Å². The summed E-state index contributed by atoms with van der Waals surface area (Å²) in [6, 6.07) is 20.8. The maximum Gasteiger partial charge on any atom is 0.254 e. The summed E-state index contributed by atoms with van der Waals surface area (Å²) in [5.41, 5.74) is 3.90. The second-order valence-electron chi connectivity index (χ2n) is 9.38. The molecule has 3 heterocycles. The van der Waals surface area contributed by atoms with Crippen LogP contribution in [0.3, 0.4) is 0 Å². The lowest BCUT2D eigenvalue weighted by molar-refractivity contribution is -0.135. The van der Waals surface area contributed by atoms with Gasteiger partial charge in [0.2, 0.25) is 5.91 Å². The molecule has 2 aromatic carbocycles. The van der Waals surface area contributed by atoms with Crippen LogP contribution in [0.25, 0.3) is 0 Å². The van der Waals surface area contributed by atoms with Crippen LogP contribution < -0.4 is 4.74 Å². The number of carbonyl (C=O) groups excluding carboxylic acids is 2. The van der Waals surface area contributed by atoms with Gasteiger partial charge < -0.3 is 19.0 Å². The summed E-state index contributed by atoms with van der Waals surface area (Å²) in [6.07, 6.45) is 2.37. The number of nitrogens with zero attached hydrogens (tertiary/aromatic N) is 2. The van der Waals surface area contributed by atoms with Gasteiger partial charge in [-0.05, 0) is 73.7 Å². The van der Waals surface area contributed by atoms with Crippen LogP contribution in [0.2, 0.25) is 0 Å². The summed E-state index contributed by atoms with van der Waals surface area (Å²) >= 11 is 1.72. The number of rotatable bonds is 8. The molecule has 1 atom stereocenters. The molecule has 0 saturated carbocycles. The van der Waals surface area contributed by atoms with Gasteiger partial charge in [0.05, 0.1) is 18.8 Å². The van der Waals surface area contributed by atoms with Gasteiger partial charge in [0.1, 0.15) is 24.7 Å². The molecule has 1 aliphatic heterocycles. The molecule has 0 aliphatic carbocycles. The average Bonchev–Trinajstić information content (AvgIpc) is 3.60. The van der Waals surface area contributed by atoms with E-state index < -0.39 is 0 Å². The standard InChI is InChI=1S/C30H30N2O4S/c1-21-5-9-23(10-6-21)30(34)31(18-25-4-3-16-35-25)19-29(33)32-15-13-28-26(14-17-37-28)27(32)20-36-24-11-7-22(2)8-12-24/h3-12,14,16-17,27H,13,15,18-20H2,1-2H3. The molecule has 0 radical (unpaired) electrons. The van der Waals surface area contributed by atoms with Crippen molar-refractivity contribution in [2.45, 2.75) is 32.9 Å². The number of amides is 2. The highest BCUT2D eigenvalue weighted by Crippen LogP contribution is 2.34. The van der Waals surface area contributed by atoms with Crippen LogP contribution in [0.1, 0.15) is 43.7 Å². The number of benzene rings is 2. The largest absolute Gasteiger partial charge is 0.491 e. The van der Waals surface area contributed by atoms with E-state index in [-0.39, 0.29) is 30.9 Å². The SMILES string of the molecule is Cc1ccc(OCC2c3ccsc3CCN2C(=O)CN(Cc2ccco2)C(=O)c2ccc(C)cc2)cc1. The van der Waals surface area contributed by atoms with Crippen molar-refractivity contribution in [1.82, 2.24) is 9.80 Å². The predicted octanol–water partition coefficient (Wildman–Crippen LogP) is 5.81. The normalized spacial score (nSPS) is 14.8. The summed E-state index contributed by atoms with van der Waals surface area (Å²) < 4.78 is 11.7. The van der Waals surface area contributed by atoms with Gasteiger partial charge in [-0.25, -0.2) is 0 Å². The smallest absolute Gasteiger partial charge is 0.254 e. The van der Waals surface area contributed by atoms with Crippen molar-refractivity contribution in [3.63, 3.8) is 0 Å². The van der Waals surface area contributed by atoms with Crippen molar-refractivity contribution < 1.29 is 18.7 Å². The summed E-state index contributed by atoms with van der Waals surface area (Å²) in [4.78, 5) is 31.9. The second kappa shape index (κ2) is 11.0. The van der Waals surface area contributed by atoms with Crippen molar-refractivity contribution in [2.24, 2.45) is 0 Å². The first-order chi connectivity index (χ1) is 18.0. The lowest BCUT2D eigenvalue weighted by Gasteiger charge is -2.37. The molecule has 2 amide bonds. The Balaban J connectivity index is 1.36. The van der Waals surface area contributed by atoms with E-state index in [0.717, 1.165) is 28.9 Å². The number of aryl methyl sites for hydroxylation is 2. The number of carbonyl (C=O) groups is 2. The lowest BCUT2D eigenvalue weighted by Crippen LogP contribution is -2.47. The summed E-state index contributed by atoms with van der Waals surface area (Å²) in [7, 11) is 0. The van der Waals surface area contributed by atoms with Gasteiger partial charge in [0, 0.05) is 17.0 Å². The molecule has 0 N–H and O–H groups in total. The number of ether oxygens (including phenoxy) is 1. The minimum Gasteiger partial charge on any atom is -0.491 e. The van der Waals surface area contributed by atoms with Crippen molar-refractivity contribution in [2.75, 3.05) is 19.7 Å². The predicted molar refractivity (Wildman–Crippen MR) is 144 cm³/mol. The summed E-state index contributed by atoms with van der Waals surface area (Å²) in [6.45, 7) is 5.12. The zero-order valence-corrected chi connectivity index (χ0v) is 21.9. The highest BCUT2D eigenvalue weighted by molar-refractivity contribution is 7.10. The molecular formula is C30H30N2O4S.